The molecule has 3 N–H and O–H groups in total. The molecule has 2 saturated carbocycles. The minimum Gasteiger partial charge on any atom is -0.397 e. The average molecular weight is 354 g/mol. The molecular weight excluding hydrogens is 318 g/mol. The molecule has 2 saturated heterocycles. The second kappa shape index (κ2) is 7.07. The summed E-state index contributed by atoms with van der Waals surface area (Å²) in [6, 6.07) is 11.3. The molecule has 1 unspecified atom stereocenters. The number of para-hydroxylation sites is 2. The van der Waals surface area contributed by atoms with Gasteiger partial charge in [-0.25, -0.2) is 0 Å². The van der Waals surface area contributed by atoms with Crippen molar-refractivity contribution in [1.82, 2.24) is 4.90 Å². The number of rotatable bonds is 3. The summed E-state index contributed by atoms with van der Waals surface area (Å²) in [7, 11) is 0. The average Bonchev–Trinajstić information content (AvgIpc) is 2.62. The lowest BCUT2D eigenvalue weighted by molar-refractivity contribution is -0.0382. The molecule has 0 amide bonds. The molecule has 0 spiro atoms. The molecule has 6 atom stereocenters. The Labute approximate surface area is 158 Å². The highest BCUT2D eigenvalue weighted by Crippen LogP contribution is 2.46. The molecule has 4 fully saturated rings. The van der Waals surface area contributed by atoms with Crippen molar-refractivity contribution in [2.45, 2.75) is 94.8 Å². The van der Waals surface area contributed by atoms with E-state index in [-0.39, 0.29) is 0 Å². The summed E-state index contributed by atoms with van der Waals surface area (Å²) < 4.78 is 0. The van der Waals surface area contributed by atoms with E-state index < -0.39 is 0 Å². The Kier molecular flexibility index (Phi) is 4.60. The van der Waals surface area contributed by atoms with Crippen LogP contribution in [-0.4, -0.2) is 29.1 Å². The van der Waals surface area contributed by atoms with Crippen LogP contribution in [0.2, 0.25) is 0 Å². The van der Waals surface area contributed by atoms with Crippen molar-refractivity contribution in [3.63, 3.8) is 0 Å². The number of fused-ring (bicyclic) bond motifs is 4. The Hall–Kier alpha value is -1.22. The minimum absolute atomic E-state index is 0.592. The standard InChI is InChI=1S/C23H35N3/c24-22-9-1-2-10-23(22)25-18-14-19-7-4-8-20(15-18)26(19)21-12-16-5-3-6-17(11-16)13-21/h1-2,9-10,16-21,25H,3-8,11-15,24H2/t16-,17+,18?,19-,20+,21+. The Morgan fingerprint density at radius 2 is 1.42 bits per heavy atom. The van der Waals surface area contributed by atoms with E-state index >= 15 is 0 Å². The molecule has 3 heteroatoms. The molecule has 26 heavy (non-hydrogen) atoms. The Morgan fingerprint density at radius 1 is 0.769 bits per heavy atom. The first kappa shape index (κ1) is 16.9. The van der Waals surface area contributed by atoms with Gasteiger partial charge in [0, 0.05) is 24.2 Å². The number of piperidine rings is 2. The van der Waals surface area contributed by atoms with Gasteiger partial charge in [0.25, 0.3) is 0 Å². The molecule has 0 aromatic heterocycles. The van der Waals surface area contributed by atoms with Crippen LogP contribution in [0.1, 0.15) is 70.6 Å². The maximum atomic E-state index is 6.18. The van der Waals surface area contributed by atoms with Gasteiger partial charge >= 0.3 is 0 Å². The molecule has 3 nitrogen and oxygen atoms in total. The highest BCUT2D eigenvalue weighted by molar-refractivity contribution is 5.66. The smallest absolute Gasteiger partial charge is 0.0576 e. The summed E-state index contributed by atoms with van der Waals surface area (Å²) in [5, 5.41) is 3.79. The van der Waals surface area contributed by atoms with Gasteiger partial charge in [0.2, 0.25) is 0 Å². The van der Waals surface area contributed by atoms with E-state index in [1.54, 1.807) is 0 Å². The van der Waals surface area contributed by atoms with Crippen molar-refractivity contribution in [3.05, 3.63) is 24.3 Å². The summed E-state index contributed by atoms with van der Waals surface area (Å²) in [4.78, 5) is 3.03. The first-order valence-corrected chi connectivity index (χ1v) is 11.1. The number of anilines is 2. The zero-order valence-electron chi connectivity index (χ0n) is 16.1. The van der Waals surface area contributed by atoms with Crippen LogP contribution in [0.3, 0.4) is 0 Å². The van der Waals surface area contributed by atoms with Crippen LogP contribution in [0.25, 0.3) is 0 Å². The monoisotopic (exact) mass is 353 g/mol. The lowest BCUT2D eigenvalue weighted by atomic mass is 9.68. The van der Waals surface area contributed by atoms with E-state index in [1.807, 2.05) is 12.1 Å². The van der Waals surface area contributed by atoms with Gasteiger partial charge in [-0.3, -0.25) is 4.90 Å². The molecule has 4 bridgehead atoms. The maximum Gasteiger partial charge on any atom is 0.0576 e. The number of nitrogen functional groups attached to an aromatic ring is 1. The summed E-state index contributed by atoms with van der Waals surface area (Å²) in [6.07, 6.45) is 15.9. The van der Waals surface area contributed by atoms with Crippen LogP contribution < -0.4 is 11.1 Å². The number of hydrogen-bond donors (Lipinski definition) is 2. The second-order valence-corrected chi connectivity index (χ2v) is 9.61. The third-order valence-corrected chi connectivity index (χ3v) is 7.88. The van der Waals surface area contributed by atoms with Crippen LogP contribution in [0, 0.1) is 11.8 Å². The van der Waals surface area contributed by atoms with Crippen LogP contribution >= 0.6 is 0 Å². The third-order valence-electron chi connectivity index (χ3n) is 7.88. The van der Waals surface area contributed by atoms with Gasteiger partial charge in [-0.05, 0) is 68.9 Å². The molecule has 1 aromatic rings. The predicted molar refractivity (Wildman–Crippen MR) is 109 cm³/mol. The van der Waals surface area contributed by atoms with Crippen molar-refractivity contribution in [3.8, 4) is 0 Å². The molecule has 142 valence electrons. The van der Waals surface area contributed by atoms with Crippen LogP contribution in [-0.2, 0) is 0 Å². The van der Waals surface area contributed by atoms with Crippen molar-refractivity contribution < 1.29 is 0 Å². The summed E-state index contributed by atoms with van der Waals surface area (Å²) >= 11 is 0. The van der Waals surface area contributed by atoms with Crippen LogP contribution in [0.15, 0.2) is 24.3 Å². The van der Waals surface area contributed by atoms with Crippen molar-refractivity contribution >= 4 is 11.4 Å². The van der Waals surface area contributed by atoms with Crippen molar-refractivity contribution in [1.29, 1.82) is 0 Å². The van der Waals surface area contributed by atoms with Gasteiger partial charge < -0.3 is 11.1 Å². The van der Waals surface area contributed by atoms with Gasteiger partial charge in [0.1, 0.15) is 0 Å². The predicted octanol–water partition coefficient (Wildman–Crippen LogP) is 5.04. The molecule has 1 aromatic carbocycles. The van der Waals surface area contributed by atoms with Gasteiger partial charge in [-0.15, -0.1) is 0 Å². The first-order chi connectivity index (χ1) is 12.8. The van der Waals surface area contributed by atoms with E-state index in [1.165, 1.54) is 70.6 Å². The lowest BCUT2D eigenvalue weighted by Gasteiger charge is -2.55. The highest BCUT2D eigenvalue weighted by Gasteiger charge is 2.44. The van der Waals surface area contributed by atoms with E-state index in [0.29, 0.717) is 6.04 Å². The first-order valence-electron chi connectivity index (χ1n) is 11.1. The molecule has 2 heterocycles. The Bertz CT molecular complexity index is 604. The van der Waals surface area contributed by atoms with Gasteiger partial charge in [-0.2, -0.15) is 0 Å². The maximum absolute atomic E-state index is 6.18. The van der Waals surface area contributed by atoms with E-state index in [4.69, 9.17) is 5.73 Å². The summed E-state index contributed by atoms with van der Waals surface area (Å²) in [5.74, 6) is 2.07. The molecule has 4 aliphatic rings. The third kappa shape index (κ3) is 3.24. The second-order valence-electron chi connectivity index (χ2n) is 9.61. The molecule has 2 aliphatic carbocycles. The van der Waals surface area contributed by atoms with Gasteiger partial charge in [0.15, 0.2) is 0 Å². The molecule has 0 radical (unpaired) electrons. The van der Waals surface area contributed by atoms with E-state index in [0.717, 1.165) is 41.3 Å². The van der Waals surface area contributed by atoms with Crippen molar-refractivity contribution in [2.75, 3.05) is 11.1 Å². The number of nitrogens with zero attached hydrogens (tertiary/aromatic N) is 1. The quantitative estimate of drug-likeness (QED) is 0.748. The normalized spacial score (nSPS) is 40.2. The van der Waals surface area contributed by atoms with Gasteiger partial charge in [-0.1, -0.05) is 37.8 Å². The number of benzene rings is 1. The number of nitrogens with one attached hydrogen (secondary N) is 1. The molecule has 5 rings (SSSR count). The lowest BCUT2D eigenvalue weighted by Crippen LogP contribution is -2.60. The summed E-state index contributed by atoms with van der Waals surface area (Å²) in [5.41, 5.74) is 8.20. The Morgan fingerprint density at radius 3 is 2.12 bits per heavy atom. The minimum atomic E-state index is 0.592. The fraction of sp³-hybridized carbons (Fsp3) is 0.739. The topological polar surface area (TPSA) is 41.3 Å². The molecule has 2 aliphatic heterocycles. The SMILES string of the molecule is Nc1ccccc1NC1C[C@H]2CCC[C@@H](C1)N2[C@H]1C[C@@H]2CCC[C@@H](C2)C1. The van der Waals surface area contributed by atoms with Crippen LogP contribution in [0.5, 0.6) is 0 Å². The van der Waals surface area contributed by atoms with E-state index in [2.05, 4.69) is 22.3 Å². The fourth-order valence-electron chi connectivity index (χ4n) is 6.92. The van der Waals surface area contributed by atoms with E-state index in [9.17, 15) is 0 Å². The zero-order valence-corrected chi connectivity index (χ0v) is 16.1. The number of nitrogens with two attached hydrogens (primary N) is 1. The van der Waals surface area contributed by atoms with Crippen LogP contribution in [0.4, 0.5) is 11.4 Å². The fourth-order valence-corrected chi connectivity index (χ4v) is 6.92. The molecular formula is C23H35N3. The highest BCUT2D eigenvalue weighted by atomic mass is 15.2. The van der Waals surface area contributed by atoms with Crippen molar-refractivity contribution in [2.24, 2.45) is 11.8 Å². The van der Waals surface area contributed by atoms with Gasteiger partial charge in [0.05, 0.1) is 11.4 Å². The number of hydrogen-bond acceptors (Lipinski definition) is 3. The summed E-state index contributed by atoms with van der Waals surface area (Å²) in [6.45, 7) is 0. The largest absolute Gasteiger partial charge is 0.397 e. The zero-order chi connectivity index (χ0) is 17.5. The Balaban J connectivity index is 1.29.